The molecule has 1 radical (unpaired) electrons. The predicted octanol–water partition coefficient (Wildman–Crippen LogP) is 6.48. The van der Waals surface area contributed by atoms with Crippen LogP contribution in [0.15, 0.2) is 72.8 Å². The molecule has 1 unspecified atom stereocenters. The number of anilines is 2. The van der Waals surface area contributed by atoms with Crippen molar-refractivity contribution in [3.05, 3.63) is 96.4 Å². The molecule has 3 aromatic carbocycles. The van der Waals surface area contributed by atoms with Crippen molar-refractivity contribution in [2.45, 2.75) is 24.6 Å². The first-order chi connectivity index (χ1) is 18.3. The largest absolute Gasteiger partial charge is 0.493 e. The summed E-state index contributed by atoms with van der Waals surface area (Å²) in [5.74, 6) is -1.19. The second-order valence-electron chi connectivity index (χ2n) is 8.47. The third-order valence-electron chi connectivity index (χ3n) is 5.36. The van der Waals surface area contributed by atoms with E-state index in [4.69, 9.17) is 25.7 Å². The Morgan fingerprint density at radius 3 is 2.18 bits per heavy atom. The Balaban J connectivity index is 1.51. The van der Waals surface area contributed by atoms with Crippen LogP contribution in [0.1, 0.15) is 29.0 Å². The molecule has 4 N–H and O–H groups in total. The number of carbonyl (C=O) groups is 1. The number of ether oxygens (including phenoxy) is 3. The van der Waals surface area contributed by atoms with E-state index < -0.39 is 42.8 Å². The number of carbonyl (C=O) groups excluding carboxylic acids is 1. The molecule has 0 heterocycles. The van der Waals surface area contributed by atoms with E-state index in [9.17, 15) is 26.7 Å². The third-order valence-corrected chi connectivity index (χ3v) is 5.36. The van der Waals surface area contributed by atoms with Gasteiger partial charge in [-0.2, -0.15) is 22.0 Å². The first-order valence-corrected chi connectivity index (χ1v) is 11.6. The first kappa shape index (κ1) is 29.3. The van der Waals surface area contributed by atoms with Crippen molar-refractivity contribution >= 4 is 23.4 Å². The van der Waals surface area contributed by atoms with E-state index in [-0.39, 0.29) is 18.1 Å². The fourth-order valence-corrected chi connectivity index (χ4v) is 3.33. The minimum atomic E-state index is -4.36. The maximum atomic E-state index is 14.6. The van der Waals surface area contributed by atoms with Gasteiger partial charge in [0, 0.05) is 23.4 Å². The maximum absolute atomic E-state index is 14.6. The maximum Gasteiger partial charge on any atom is 0.426 e. The number of benzene rings is 3. The van der Waals surface area contributed by atoms with Crippen molar-refractivity contribution in [1.82, 2.24) is 0 Å². The van der Waals surface area contributed by atoms with Gasteiger partial charge in [0.1, 0.15) is 11.5 Å². The zero-order valence-electron chi connectivity index (χ0n) is 20.6. The molecule has 3 rings (SSSR count). The van der Waals surface area contributed by atoms with Gasteiger partial charge in [-0.1, -0.05) is 18.2 Å². The van der Waals surface area contributed by atoms with Gasteiger partial charge in [0.05, 0.1) is 25.2 Å². The fourth-order valence-electron chi connectivity index (χ4n) is 3.33. The van der Waals surface area contributed by atoms with Gasteiger partial charge in [0.15, 0.2) is 0 Å². The van der Waals surface area contributed by atoms with E-state index in [1.54, 1.807) is 18.2 Å². The summed E-state index contributed by atoms with van der Waals surface area (Å²) in [6.07, 6.45) is -6.64. The van der Waals surface area contributed by atoms with E-state index in [1.807, 2.05) is 0 Å². The summed E-state index contributed by atoms with van der Waals surface area (Å²) in [5.41, 5.74) is 13.2. The molecule has 207 valence electrons. The quantitative estimate of drug-likeness (QED) is 0.123. The number of hydrogen-bond acceptors (Lipinski definition) is 6. The van der Waals surface area contributed by atoms with E-state index in [0.29, 0.717) is 22.5 Å². The molecule has 0 aliphatic carbocycles. The van der Waals surface area contributed by atoms with Crippen molar-refractivity contribution < 1.29 is 41.0 Å². The molecule has 0 amide bonds. The SMILES string of the molecule is [CH2]C(COC(=O)/C=C/c1ccc(C(F)(F)Oc2ccc(OCCC(F)(F)F)cc2)cc1)c1ccc(N)cc1N. The number of halogens is 5. The Kier molecular flexibility index (Phi) is 9.39. The Morgan fingerprint density at radius 1 is 0.923 bits per heavy atom. The Hall–Kier alpha value is -4.28. The lowest BCUT2D eigenvalue weighted by atomic mass is 10.00. The van der Waals surface area contributed by atoms with Crippen LogP contribution in [0.25, 0.3) is 6.08 Å². The lowest BCUT2D eigenvalue weighted by Crippen LogP contribution is -2.21. The van der Waals surface area contributed by atoms with E-state index in [2.05, 4.69) is 6.92 Å². The van der Waals surface area contributed by atoms with Crippen LogP contribution in [0, 0.1) is 6.92 Å². The predicted molar refractivity (Wildman–Crippen MR) is 137 cm³/mol. The van der Waals surface area contributed by atoms with Crippen molar-refractivity contribution in [1.29, 1.82) is 0 Å². The molecule has 0 bridgehead atoms. The van der Waals surface area contributed by atoms with Crippen LogP contribution in [0.3, 0.4) is 0 Å². The van der Waals surface area contributed by atoms with Crippen molar-refractivity contribution in [2.75, 3.05) is 24.7 Å². The second-order valence-corrected chi connectivity index (χ2v) is 8.47. The monoisotopic (exact) mass is 549 g/mol. The number of nitrogen functional groups attached to an aromatic ring is 2. The molecule has 0 aliphatic heterocycles. The van der Waals surface area contributed by atoms with Crippen LogP contribution in [-0.4, -0.2) is 25.4 Å². The van der Waals surface area contributed by atoms with Crippen LogP contribution in [0.4, 0.5) is 33.3 Å². The summed E-state index contributed by atoms with van der Waals surface area (Å²) in [6.45, 7) is 3.31. The van der Waals surface area contributed by atoms with Crippen LogP contribution < -0.4 is 20.9 Å². The summed E-state index contributed by atoms with van der Waals surface area (Å²) >= 11 is 0. The topological polar surface area (TPSA) is 96.8 Å². The van der Waals surface area contributed by atoms with Gasteiger partial charge in [0.2, 0.25) is 0 Å². The molecule has 0 fully saturated rings. The first-order valence-electron chi connectivity index (χ1n) is 11.6. The van der Waals surface area contributed by atoms with Gasteiger partial charge in [-0.05, 0) is 72.7 Å². The zero-order valence-corrected chi connectivity index (χ0v) is 20.6. The van der Waals surface area contributed by atoms with Crippen LogP contribution >= 0.6 is 0 Å². The lowest BCUT2D eigenvalue weighted by Gasteiger charge is -2.18. The standard InChI is InChI=1S/C28H26F5N2O4/c1-18(24-12-7-21(34)16-25(24)35)17-38-26(36)13-4-19-2-5-20(6-3-19)28(32,33)39-23-10-8-22(9-11-23)37-15-14-27(29,30)31/h2-13,16,18H,1,14-15,17,34-35H2/b13-4+. The van der Waals surface area contributed by atoms with Crippen molar-refractivity contribution in [2.24, 2.45) is 0 Å². The molecule has 3 aromatic rings. The van der Waals surface area contributed by atoms with Crippen molar-refractivity contribution in [3.8, 4) is 11.5 Å². The second kappa shape index (κ2) is 12.5. The highest BCUT2D eigenvalue weighted by atomic mass is 19.4. The highest BCUT2D eigenvalue weighted by Crippen LogP contribution is 2.33. The molecule has 0 aromatic heterocycles. The van der Waals surface area contributed by atoms with E-state index in [1.165, 1.54) is 30.3 Å². The third kappa shape index (κ3) is 9.20. The van der Waals surface area contributed by atoms with E-state index in [0.717, 1.165) is 30.3 Å². The number of alkyl halides is 5. The minimum absolute atomic E-state index is 0.0273. The van der Waals surface area contributed by atoms with Gasteiger partial charge in [-0.15, -0.1) is 0 Å². The normalized spacial score (nSPS) is 12.8. The van der Waals surface area contributed by atoms with Gasteiger partial charge in [-0.3, -0.25) is 0 Å². The molecule has 0 saturated carbocycles. The van der Waals surface area contributed by atoms with Gasteiger partial charge >= 0.3 is 18.3 Å². The fraction of sp³-hybridized carbons (Fsp3) is 0.214. The Morgan fingerprint density at radius 2 is 1.56 bits per heavy atom. The van der Waals surface area contributed by atoms with E-state index >= 15 is 0 Å². The minimum Gasteiger partial charge on any atom is -0.493 e. The zero-order chi connectivity index (χ0) is 28.6. The summed E-state index contributed by atoms with van der Waals surface area (Å²) in [7, 11) is 0. The number of nitrogens with two attached hydrogens (primary N) is 2. The summed E-state index contributed by atoms with van der Waals surface area (Å²) < 4.78 is 80.6. The summed E-state index contributed by atoms with van der Waals surface area (Å²) in [4.78, 5) is 12.1. The van der Waals surface area contributed by atoms with Gasteiger partial charge in [-0.25, -0.2) is 4.79 Å². The van der Waals surface area contributed by atoms with Gasteiger partial charge in [0.25, 0.3) is 0 Å². The average Bonchev–Trinajstić information content (AvgIpc) is 2.86. The van der Waals surface area contributed by atoms with Crippen LogP contribution in [0.2, 0.25) is 0 Å². The molecular formula is C28H26F5N2O4. The highest BCUT2D eigenvalue weighted by molar-refractivity contribution is 5.87. The average molecular weight is 550 g/mol. The summed E-state index contributed by atoms with van der Waals surface area (Å²) in [5, 5.41) is 0. The number of rotatable bonds is 11. The van der Waals surface area contributed by atoms with Gasteiger partial charge < -0.3 is 25.7 Å². The molecule has 11 heteroatoms. The molecule has 0 aliphatic rings. The molecule has 0 saturated heterocycles. The van der Waals surface area contributed by atoms with Crippen LogP contribution in [0.5, 0.6) is 11.5 Å². The Labute approximate surface area is 222 Å². The van der Waals surface area contributed by atoms with Crippen LogP contribution in [-0.2, 0) is 15.6 Å². The summed E-state index contributed by atoms with van der Waals surface area (Å²) in [6, 6.07) is 14.8. The number of esters is 1. The Bertz CT molecular complexity index is 1280. The molecule has 0 spiro atoms. The molecule has 6 nitrogen and oxygen atoms in total. The molecule has 1 atom stereocenters. The number of hydrogen-bond donors (Lipinski definition) is 2. The molecular weight excluding hydrogens is 523 g/mol. The highest BCUT2D eigenvalue weighted by Gasteiger charge is 2.34. The lowest BCUT2D eigenvalue weighted by molar-refractivity contribution is -0.185. The smallest absolute Gasteiger partial charge is 0.426 e. The molecule has 39 heavy (non-hydrogen) atoms. The van der Waals surface area contributed by atoms with Crippen molar-refractivity contribution in [3.63, 3.8) is 0 Å².